The van der Waals surface area contributed by atoms with Crippen molar-refractivity contribution in [3.63, 3.8) is 0 Å². The fourth-order valence-corrected chi connectivity index (χ4v) is 4.25. The van der Waals surface area contributed by atoms with Gasteiger partial charge in [-0.1, -0.05) is 32.0 Å². The molecule has 0 atom stereocenters. The quantitative estimate of drug-likeness (QED) is 0.409. The summed E-state index contributed by atoms with van der Waals surface area (Å²) in [6.45, 7) is 9.03. The molecule has 0 unspecified atom stereocenters. The summed E-state index contributed by atoms with van der Waals surface area (Å²) in [4.78, 5) is 20.5. The highest BCUT2D eigenvalue weighted by molar-refractivity contribution is 6.13. The molecule has 8 nitrogen and oxygen atoms in total. The Hall–Kier alpha value is -3.91. The summed E-state index contributed by atoms with van der Waals surface area (Å²) in [6.07, 6.45) is 3.55. The minimum absolute atomic E-state index is 0.203. The van der Waals surface area contributed by atoms with Gasteiger partial charge in [-0.25, -0.2) is 4.98 Å². The van der Waals surface area contributed by atoms with Gasteiger partial charge in [0.1, 0.15) is 13.2 Å². The number of likely N-dealkylation sites (N-methyl/N-ethyl adjacent to an activating group) is 1. The average molecular weight is 472 g/mol. The normalized spacial score (nSPS) is 12.8. The summed E-state index contributed by atoms with van der Waals surface area (Å²) in [5.74, 6) is 1.20. The zero-order valence-corrected chi connectivity index (χ0v) is 20.0. The molecule has 1 N–H and O–H groups in total. The molecule has 0 saturated carbocycles. The number of carbonyl (C=O) groups is 1. The van der Waals surface area contributed by atoms with E-state index in [1.807, 2.05) is 59.4 Å². The Morgan fingerprint density at radius 3 is 2.69 bits per heavy atom. The minimum atomic E-state index is -0.203. The van der Waals surface area contributed by atoms with Gasteiger partial charge in [0.2, 0.25) is 0 Å². The van der Waals surface area contributed by atoms with Crippen molar-refractivity contribution in [1.82, 2.24) is 19.7 Å². The van der Waals surface area contributed by atoms with Crippen LogP contribution in [0.25, 0.3) is 22.2 Å². The summed E-state index contributed by atoms with van der Waals surface area (Å²) < 4.78 is 13.2. The summed E-state index contributed by atoms with van der Waals surface area (Å²) in [5, 5.41) is 8.21. The number of hydrogen-bond donors (Lipinski definition) is 1. The first-order valence-corrected chi connectivity index (χ1v) is 12.0. The maximum Gasteiger partial charge on any atom is 0.256 e. The standard InChI is InChI=1S/C27H29N5O3/c1-3-31(4-2)11-12-32-18-20(17-28-32)29-27(33)22-16-24(30-23-8-6-5-7-21(22)23)19-9-10-25-26(15-19)35-14-13-34-25/h5-10,15-18H,3-4,11-14H2,1-2H3,(H,29,33). The SMILES string of the molecule is CCN(CC)CCn1cc(NC(=O)c2cc(-c3ccc4c(c3)OCCO4)nc3ccccc23)cn1. The molecule has 0 radical (unpaired) electrons. The van der Waals surface area contributed by atoms with E-state index < -0.39 is 0 Å². The number of carbonyl (C=O) groups excluding carboxylic acids is 1. The number of benzene rings is 2. The number of nitrogens with one attached hydrogen (secondary N) is 1. The van der Waals surface area contributed by atoms with Crippen LogP contribution in [0.1, 0.15) is 24.2 Å². The molecule has 35 heavy (non-hydrogen) atoms. The Morgan fingerprint density at radius 2 is 1.86 bits per heavy atom. The second kappa shape index (κ2) is 10.1. The number of ether oxygens (including phenoxy) is 2. The number of rotatable bonds is 8. The first kappa shape index (κ1) is 22.9. The van der Waals surface area contributed by atoms with E-state index in [1.54, 1.807) is 6.20 Å². The predicted molar refractivity (Wildman–Crippen MR) is 136 cm³/mol. The van der Waals surface area contributed by atoms with Crippen molar-refractivity contribution in [1.29, 1.82) is 0 Å². The fraction of sp³-hybridized carbons (Fsp3) is 0.296. The van der Waals surface area contributed by atoms with Crippen molar-refractivity contribution in [3.05, 3.63) is 66.5 Å². The summed E-state index contributed by atoms with van der Waals surface area (Å²) in [6, 6.07) is 15.2. The van der Waals surface area contributed by atoms with E-state index in [0.717, 1.165) is 48.4 Å². The zero-order valence-electron chi connectivity index (χ0n) is 20.0. The smallest absolute Gasteiger partial charge is 0.256 e. The van der Waals surface area contributed by atoms with Gasteiger partial charge in [-0.3, -0.25) is 9.48 Å². The molecule has 2 aromatic heterocycles. The number of nitrogens with zero attached hydrogens (tertiary/aromatic N) is 4. The monoisotopic (exact) mass is 471 g/mol. The zero-order chi connectivity index (χ0) is 24.2. The predicted octanol–water partition coefficient (Wildman–Crippen LogP) is 4.46. The van der Waals surface area contributed by atoms with Crippen LogP contribution < -0.4 is 14.8 Å². The van der Waals surface area contributed by atoms with Crippen LogP contribution in [-0.4, -0.2) is 58.4 Å². The lowest BCUT2D eigenvalue weighted by molar-refractivity contribution is 0.102. The van der Waals surface area contributed by atoms with Crippen LogP contribution in [0.4, 0.5) is 5.69 Å². The molecule has 0 fully saturated rings. The Labute approximate surface area is 204 Å². The number of pyridine rings is 1. The third kappa shape index (κ3) is 4.97. The van der Waals surface area contributed by atoms with Crippen LogP contribution in [-0.2, 0) is 6.54 Å². The maximum absolute atomic E-state index is 13.4. The van der Waals surface area contributed by atoms with E-state index in [4.69, 9.17) is 14.5 Å². The van der Waals surface area contributed by atoms with Gasteiger partial charge in [0.05, 0.1) is 35.2 Å². The van der Waals surface area contributed by atoms with Crippen molar-refractivity contribution in [2.45, 2.75) is 20.4 Å². The van der Waals surface area contributed by atoms with Gasteiger partial charge >= 0.3 is 0 Å². The van der Waals surface area contributed by atoms with Crippen LogP contribution in [0.3, 0.4) is 0 Å². The van der Waals surface area contributed by atoms with Crippen LogP contribution in [0.15, 0.2) is 60.9 Å². The number of amides is 1. The number of anilines is 1. The van der Waals surface area contributed by atoms with E-state index in [2.05, 4.69) is 29.2 Å². The Balaban J connectivity index is 1.41. The molecule has 1 aliphatic heterocycles. The first-order valence-electron chi connectivity index (χ1n) is 12.0. The second-order valence-corrected chi connectivity index (χ2v) is 8.40. The molecule has 5 rings (SSSR count). The van der Waals surface area contributed by atoms with Crippen LogP contribution in [0, 0.1) is 0 Å². The highest BCUT2D eigenvalue weighted by atomic mass is 16.6. The van der Waals surface area contributed by atoms with Crippen LogP contribution in [0.2, 0.25) is 0 Å². The molecule has 0 spiro atoms. The molecule has 1 aliphatic rings. The number of aromatic nitrogens is 3. The second-order valence-electron chi connectivity index (χ2n) is 8.40. The van der Waals surface area contributed by atoms with E-state index in [1.165, 1.54) is 0 Å². The Bertz CT molecular complexity index is 1350. The van der Waals surface area contributed by atoms with Crippen molar-refractivity contribution in [2.24, 2.45) is 0 Å². The van der Waals surface area contributed by atoms with E-state index in [9.17, 15) is 4.79 Å². The lowest BCUT2D eigenvalue weighted by atomic mass is 10.0. The molecule has 0 saturated heterocycles. The molecule has 0 aliphatic carbocycles. The van der Waals surface area contributed by atoms with Gasteiger partial charge in [0.25, 0.3) is 5.91 Å². The molecule has 0 bridgehead atoms. The molecule has 2 aromatic carbocycles. The fourth-order valence-electron chi connectivity index (χ4n) is 4.25. The van der Waals surface area contributed by atoms with Gasteiger partial charge < -0.3 is 19.7 Å². The van der Waals surface area contributed by atoms with Gasteiger partial charge in [0.15, 0.2) is 11.5 Å². The summed E-state index contributed by atoms with van der Waals surface area (Å²) >= 11 is 0. The topological polar surface area (TPSA) is 81.5 Å². The number of fused-ring (bicyclic) bond motifs is 2. The van der Waals surface area contributed by atoms with Crippen LogP contribution >= 0.6 is 0 Å². The maximum atomic E-state index is 13.4. The molecular formula is C27H29N5O3. The Morgan fingerprint density at radius 1 is 1.06 bits per heavy atom. The summed E-state index contributed by atoms with van der Waals surface area (Å²) in [5.41, 5.74) is 3.52. The molecule has 4 aromatic rings. The molecule has 180 valence electrons. The van der Waals surface area contributed by atoms with Crippen molar-refractivity contribution in [2.75, 3.05) is 38.2 Å². The largest absolute Gasteiger partial charge is 0.486 e. The van der Waals surface area contributed by atoms with E-state index >= 15 is 0 Å². The average Bonchev–Trinajstić information content (AvgIpc) is 3.35. The summed E-state index contributed by atoms with van der Waals surface area (Å²) in [7, 11) is 0. The molecule has 1 amide bonds. The lowest BCUT2D eigenvalue weighted by Crippen LogP contribution is -2.27. The van der Waals surface area contributed by atoms with Gasteiger partial charge in [0, 0.05) is 23.7 Å². The number of para-hydroxylation sites is 1. The van der Waals surface area contributed by atoms with Crippen molar-refractivity contribution >= 4 is 22.5 Å². The van der Waals surface area contributed by atoms with Crippen molar-refractivity contribution < 1.29 is 14.3 Å². The number of hydrogen-bond acceptors (Lipinski definition) is 6. The molecular weight excluding hydrogens is 442 g/mol. The highest BCUT2D eigenvalue weighted by Crippen LogP contribution is 2.35. The van der Waals surface area contributed by atoms with E-state index in [-0.39, 0.29) is 5.91 Å². The van der Waals surface area contributed by atoms with Crippen molar-refractivity contribution in [3.8, 4) is 22.8 Å². The highest BCUT2D eigenvalue weighted by Gasteiger charge is 2.17. The third-order valence-electron chi connectivity index (χ3n) is 6.23. The minimum Gasteiger partial charge on any atom is -0.486 e. The first-order chi connectivity index (χ1) is 17.1. The van der Waals surface area contributed by atoms with E-state index in [0.29, 0.717) is 35.9 Å². The van der Waals surface area contributed by atoms with Gasteiger partial charge in [-0.15, -0.1) is 0 Å². The lowest BCUT2D eigenvalue weighted by Gasteiger charge is -2.19. The third-order valence-corrected chi connectivity index (χ3v) is 6.23. The van der Waals surface area contributed by atoms with Gasteiger partial charge in [-0.2, -0.15) is 5.10 Å². The molecule has 8 heteroatoms. The molecule has 3 heterocycles. The van der Waals surface area contributed by atoms with Crippen LogP contribution in [0.5, 0.6) is 11.5 Å². The Kier molecular flexibility index (Phi) is 6.63. The van der Waals surface area contributed by atoms with Gasteiger partial charge in [-0.05, 0) is 43.4 Å².